The molecule has 1 rings (SSSR count). The number of thioether (sulfide) groups is 1. The first kappa shape index (κ1) is 13.3. The van der Waals surface area contributed by atoms with E-state index in [2.05, 4.69) is 22.4 Å². The van der Waals surface area contributed by atoms with Gasteiger partial charge in [-0.2, -0.15) is 0 Å². The van der Waals surface area contributed by atoms with Gasteiger partial charge in [-0.05, 0) is 26.8 Å². The molecule has 0 saturated heterocycles. The van der Waals surface area contributed by atoms with Crippen molar-refractivity contribution in [2.24, 2.45) is 7.05 Å². The van der Waals surface area contributed by atoms with Crippen molar-refractivity contribution < 1.29 is 0 Å². The Balaban J connectivity index is 2.17. The molecule has 0 aliphatic rings. The highest BCUT2D eigenvalue weighted by Crippen LogP contribution is 2.14. The molecule has 0 saturated carbocycles. The second-order valence-corrected chi connectivity index (χ2v) is 4.97. The predicted octanol–water partition coefficient (Wildman–Crippen LogP) is 0.979. The molecule has 16 heavy (non-hydrogen) atoms. The Kier molecular flexibility index (Phi) is 5.62. The Labute approximate surface area is 100 Å². The summed E-state index contributed by atoms with van der Waals surface area (Å²) in [6, 6.07) is 0.583. The number of aromatic nitrogens is 3. The molecule has 92 valence electrons. The number of unbranched alkanes of at least 4 members (excludes halogenated alkanes) is 1. The molecule has 1 heterocycles. The lowest BCUT2D eigenvalue weighted by Crippen LogP contribution is -2.20. The number of nitrogens with zero attached hydrogens (tertiary/aromatic N) is 2. The second-order valence-electron chi connectivity index (χ2n) is 3.90. The molecule has 1 aromatic rings. The van der Waals surface area contributed by atoms with Crippen molar-refractivity contribution >= 4 is 11.8 Å². The number of hydrogen-bond acceptors (Lipinski definition) is 4. The number of H-pyrrole nitrogens is 1. The van der Waals surface area contributed by atoms with Crippen molar-refractivity contribution in [2.75, 3.05) is 12.8 Å². The van der Waals surface area contributed by atoms with Crippen LogP contribution in [0.3, 0.4) is 0 Å². The molecule has 1 atom stereocenters. The Morgan fingerprint density at radius 3 is 2.88 bits per heavy atom. The molecule has 0 amide bonds. The Bertz CT molecular complexity index is 360. The normalized spacial score (nSPS) is 12.9. The minimum Gasteiger partial charge on any atom is -0.317 e. The summed E-state index contributed by atoms with van der Waals surface area (Å²) in [5.41, 5.74) is -0.147. The fourth-order valence-electron chi connectivity index (χ4n) is 1.32. The van der Waals surface area contributed by atoms with Gasteiger partial charge in [0.05, 0.1) is 0 Å². The second kappa shape index (κ2) is 6.75. The van der Waals surface area contributed by atoms with Crippen LogP contribution in [0.1, 0.15) is 26.2 Å². The van der Waals surface area contributed by atoms with Crippen LogP contribution >= 0.6 is 11.8 Å². The van der Waals surface area contributed by atoms with E-state index in [1.807, 2.05) is 7.05 Å². The summed E-state index contributed by atoms with van der Waals surface area (Å²) in [5.74, 6) is 1.01. The Morgan fingerprint density at radius 2 is 2.31 bits per heavy atom. The van der Waals surface area contributed by atoms with E-state index in [0.717, 1.165) is 17.3 Å². The zero-order valence-electron chi connectivity index (χ0n) is 10.1. The molecular formula is C10H20N4OS. The number of rotatable bonds is 7. The molecule has 1 unspecified atom stereocenters. The lowest BCUT2D eigenvalue weighted by atomic mass is 10.1. The monoisotopic (exact) mass is 244 g/mol. The smallest absolute Gasteiger partial charge is 0.317 e. The molecule has 0 bridgehead atoms. The van der Waals surface area contributed by atoms with Gasteiger partial charge in [0.25, 0.3) is 0 Å². The van der Waals surface area contributed by atoms with Crippen LogP contribution in [0.2, 0.25) is 0 Å². The van der Waals surface area contributed by atoms with Gasteiger partial charge in [-0.1, -0.05) is 18.2 Å². The zero-order chi connectivity index (χ0) is 12.0. The van der Waals surface area contributed by atoms with E-state index in [1.54, 1.807) is 23.4 Å². The number of aromatic amines is 1. The molecule has 0 radical (unpaired) electrons. The molecule has 5 nitrogen and oxygen atoms in total. The standard InChI is InChI=1S/C10H20N4OS/c1-8(11-2)6-4-5-7-16-10-13-12-9(15)14(10)3/h8,11H,4-7H2,1-3H3,(H,12,15). The Morgan fingerprint density at radius 1 is 1.56 bits per heavy atom. The van der Waals surface area contributed by atoms with E-state index >= 15 is 0 Å². The van der Waals surface area contributed by atoms with Gasteiger partial charge in [0.1, 0.15) is 0 Å². The van der Waals surface area contributed by atoms with Gasteiger partial charge in [0.2, 0.25) is 0 Å². The van der Waals surface area contributed by atoms with Gasteiger partial charge in [0, 0.05) is 18.8 Å². The fraction of sp³-hybridized carbons (Fsp3) is 0.800. The maximum absolute atomic E-state index is 11.1. The van der Waals surface area contributed by atoms with E-state index < -0.39 is 0 Å². The third kappa shape index (κ3) is 4.02. The van der Waals surface area contributed by atoms with Gasteiger partial charge in [-0.3, -0.25) is 4.57 Å². The van der Waals surface area contributed by atoms with Crippen molar-refractivity contribution in [1.29, 1.82) is 0 Å². The van der Waals surface area contributed by atoms with Gasteiger partial charge in [-0.15, -0.1) is 5.10 Å². The average molecular weight is 244 g/mol. The van der Waals surface area contributed by atoms with Gasteiger partial charge in [0.15, 0.2) is 5.16 Å². The summed E-state index contributed by atoms with van der Waals surface area (Å²) >= 11 is 1.63. The number of nitrogens with one attached hydrogen (secondary N) is 2. The van der Waals surface area contributed by atoms with Crippen molar-refractivity contribution in [3.63, 3.8) is 0 Å². The molecule has 2 N–H and O–H groups in total. The quantitative estimate of drug-likeness (QED) is 0.554. The van der Waals surface area contributed by atoms with Gasteiger partial charge >= 0.3 is 5.69 Å². The van der Waals surface area contributed by atoms with E-state index in [-0.39, 0.29) is 5.69 Å². The topological polar surface area (TPSA) is 62.7 Å². The van der Waals surface area contributed by atoms with E-state index in [4.69, 9.17) is 0 Å². The van der Waals surface area contributed by atoms with Crippen LogP contribution in [0.25, 0.3) is 0 Å². The summed E-state index contributed by atoms with van der Waals surface area (Å²) < 4.78 is 1.54. The van der Waals surface area contributed by atoms with Crippen molar-refractivity contribution in [1.82, 2.24) is 20.1 Å². The first-order chi connectivity index (χ1) is 7.65. The highest BCUT2D eigenvalue weighted by Gasteiger charge is 2.04. The highest BCUT2D eigenvalue weighted by molar-refractivity contribution is 7.99. The molecule has 0 spiro atoms. The van der Waals surface area contributed by atoms with Crippen LogP contribution in [0.4, 0.5) is 0 Å². The number of hydrogen-bond donors (Lipinski definition) is 2. The molecule has 0 fully saturated rings. The van der Waals surface area contributed by atoms with Crippen LogP contribution in [0.5, 0.6) is 0 Å². The summed E-state index contributed by atoms with van der Waals surface area (Å²) in [4.78, 5) is 11.1. The van der Waals surface area contributed by atoms with E-state index in [1.165, 1.54) is 12.8 Å². The Hall–Kier alpha value is -0.750. The van der Waals surface area contributed by atoms with E-state index in [9.17, 15) is 4.79 Å². The maximum Gasteiger partial charge on any atom is 0.343 e. The fourth-order valence-corrected chi connectivity index (χ4v) is 2.24. The molecule has 0 aliphatic heterocycles. The molecule has 1 aromatic heterocycles. The molecular weight excluding hydrogens is 224 g/mol. The average Bonchev–Trinajstić information content (AvgIpc) is 2.60. The zero-order valence-corrected chi connectivity index (χ0v) is 10.9. The van der Waals surface area contributed by atoms with Crippen LogP contribution in [0, 0.1) is 0 Å². The molecule has 0 aliphatic carbocycles. The third-order valence-electron chi connectivity index (χ3n) is 2.59. The molecule has 6 heteroatoms. The summed E-state index contributed by atoms with van der Waals surface area (Å²) in [6.45, 7) is 2.19. The predicted molar refractivity (Wildman–Crippen MR) is 66.9 cm³/mol. The minimum atomic E-state index is -0.147. The maximum atomic E-state index is 11.1. The largest absolute Gasteiger partial charge is 0.343 e. The highest BCUT2D eigenvalue weighted by atomic mass is 32.2. The third-order valence-corrected chi connectivity index (χ3v) is 3.71. The molecule has 0 aromatic carbocycles. The SMILES string of the molecule is CNC(C)CCCCSc1n[nH]c(=O)n1C. The summed E-state index contributed by atoms with van der Waals surface area (Å²) in [6.07, 6.45) is 3.54. The van der Waals surface area contributed by atoms with Crippen LogP contribution in [-0.4, -0.2) is 33.6 Å². The lowest BCUT2D eigenvalue weighted by Gasteiger charge is -2.08. The van der Waals surface area contributed by atoms with Crippen molar-refractivity contribution in [3.8, 4) is 0 Å². The van der Waals surface area contributed by atoms with Gasteiger partial charge < -0.3 is 5.32 Å². The first-order valence-corrected chi connectivity index (χ1v) is 6.55. The minimum absolute atomic E-state index is 0.147. The summed E-state index contributed by atoms with van der Waals surface area (Å²) in [7, 11) is 3.72. The van der Waals surface area contributed by atoms with Gasteiger partial charge in [-0.25, -0.2) is 9.89 Å². The van der Waals surface area contributed by atoms with Crippen molar-refractivity contribution in [2.45, 2.75) is 37.4 Å². The lowest BCUT2D eigenvalue weighted by molar-refractivity contribution is 0.538. The van der Waals surface area contributed by atoms with Crippen LogP contribution in [0.15, 0.2) is 9.95 Å². The van der Waals surface area contributed by atoms with Crippen LogP contribution in [-0.2, 0) is 7.05 Å². The van der Waals surface area contributed by atoms with Crippen molar-refractivity contribution in [3.05, 3.63) is 10.5 Å². The first-order valence-electron chi connectivity index (χ1n) is 5.56. The van der Waals surface area contributed by atoms with E-state index in [0.29, 0.717) is 6.04 Å². The summed E-state index contributed by atoms with van der Waals surface area (Å²) in [5, 5.41) is 10.4. The van der Waals surface area contributed by atoms with Crippen LogP contribution < -0.4 is 11.0 Å².